The Bertz CT molecular complexity index is 385. The SMILES string of the molecule is O=C(O)c1ccnc(C2CCCCCCC2)n1. The first-order valence-corrected chi connectivity index (χ1v) is 6.33. The van der Waals surface area contributed by atoms with Crippen LogP contribution in [0.5, 0.6) is 0 Å². The molecule has 4 heteroatoms. The average Bonchev–Trinajstić information content (AvgIpc) is 2.28. The van der Waals surface area contributed by atoms with Crippen LogP contribution in [0.1, 0.15) is 67.2 Å². The van der Waals surface area contributed by atoms with E-state index in [1.54, 1.807) is 6.20 Å². The highest BCUT2D eigenvalue weighted by Gasteiger charge is 2.17. The van der Waals surface area contributed by atoms with Crippen LogP contribution in [-0.2, 0) is 0 Å². The summed E-state index contributed by atoms with van der Waals surface area (Å²) < 4.78 is 0. The van der Waals surface area contributed by atoms with Crippen LogP contribution >= 0.6 is 0 Å². The smallest absolute Gasteiger partial charge is 0.354 e. The molecule has 92 valence electrons. The third-order valence-electron chi connectivity index (χ3n) is 3.36. The highest BCUT2D eigenvalue weighted by molar-refractivity contribution is 5.85. The summed E-state index contributed by atoms with van der Waals surface area (Å²) in [6, 6.07) is 1.45. The molecule has 0 radical (unpaired) electrons. The van der Waals surface area contributed by atoms with E-state index >= 15 is 0 Å². The van der Waals surface area contributed by atoms with Crippen molar-refractivity contribution in [2.24, 2.45) is 0 Å². The summed E-state index contributed by atoms with van der Waals surface area (Å²) in [5.74, 6) is 0.0842. The minimum Gasteiger partial charge on any atom is -0.477 e. The Kier molecular flexibility index (Phi) is 4.07. The van der Waals surface area contributed by atoms with E-state index in [0.29, 0.717) is 11.7 Å². The molecule has 0 spiro atoms. The number of carboxylic acid groups (broad SMARTS) is 1. The van der Waals surface area contributed by atoms with E-state index in [-0.39, 0.29) is 5.69 Å². The van der Waals surface area contributed by atoms with E-state index in [0.717, 1.165) is 12.8 Å². The fourth-order valence-corrected chi connectivity index (χ4v) is 2.40. The van der Waals surface area contributed by atoms with Crippen LogP contribution in [0.25, 0.3) is 0 Å². The monoisotopic (exact) mass is 234 g/mol. The van der Waals surface area contributed by atoms with Gasteiger partial charge in [-0.25, -0.2) is 14.8 Å². The van der Waals surface area contributed by atoms with Crippen molar-refractivity contribution in [3.8, 4) is 0 Å². The number of rotatable bonds is 2. The summed E-state index contributed by atoms with van der Waals surface area (Å²) in [5.41, 5.74) is 0.108. The molecule has 0 saturated heterocycles. The second-order valence-corrected chi connectivity index (χ2v) is 4.65. The first-order chi connectivity index (χ1) is 8.27. The van der Waals surface area contributed by atoms with Crippen molar-refractivity contribution in [2.75, 3.05) is 0 Å². The molecule has 1 aliphatic rings. The Morgan fingerprint density at radius 2 is 1.82 bits per heavy atom. The molecule has 0 atom stereocenters. The number of aromatic nitrogens is 2. The molecule has 0 bridgehead atoms. The van der Waals surface area contributed by atoms with E-state index in [4.69, 9.17) is 5.11 Å². The largest absolute Gasteiger partial charge is 0.477 e. The average molecular weight is 234 g/mol. The van der Waals surface area contributed by atoms with Crippen LogP contribution in [-0.4, -0.2) is 21.0 Å². The number of hydrogen-bond donors (Lipinski definition) is 1. The molecule has 0 aromatic carbocycles. The Balaban J connectivity index is 2.13. The van der Waals surface area contributed by atoms with Crippen molar-refractivity contribution in [1.82, 2.24) is 9.97 Å². The minimum absolute atomic E-state index is 0.108. The van der Waals surface area contributed by atoms with Crippen molar-refractivity contribution in [3.05, 3.63) is 23.8 Å². The van der Waals surface area contributed by atoms with Gasteiger partial charge in [-0.05, 0) is 18.9 Å². The molecule has 4 nitrogen and oxygen atoms in total. The third kappa shape index (κ3) is 3.25. The normalized spacial score (nSPS) is 18.4. The van der Waals surface area contributed by atoms with Crippen molar-refractivity contribution >= 4 is 5.97 Å². The molecule has 17 heavy (non-hydrogen) atoms. The Labute approximate surface area is 101 Å². The van der Waals surface area contributed by atoms with Gasteiger partial charge in [0.2, 0.25) is 0 Å². The molecule has 1 N–H and O–H groups in total. The summed E-state index contributed by atoms with van der Waals surface area (Å²) in [7, 11) is 0. The predicted molar refractivity (Wildman–Crippen MR) is 64.1 cm³/mol. The fourth-order valence-electron chi connectivity index (χ4n) is 2.40. The van der Waals surface area contributed by atoms with E-state index in [9.17, 15) is 4.79 Å². The molecule has 1 fully saturated rings. The lowest BCUT2D eigenvalue weighted by molar-refractivity contribution is 0.0689. The van der Waals surface area contributed by atoms with Crippen molar-refractivity contribution < 1.29 is 9.90 Å². The lowest BCUT2D eigenvalue weighted by Crippen LogP contribution is -2.10. The van der Waals surface area contributed by atoms with Crippen LogP contribution in [0.4, 0.5) is 0 Å². The van der Waals surface area contributed by atoms with Gasteiger partial charge in [0.1, 0.15) is 5.82 Å². The van der Waals surface area contributed by atoms with Gasteiger partial charge < -0.3 is 5.11 Å². The molecule has 1 heterocycles. The predicted octanol–water partition coefficient (Wildman–Crippen LogP) is 3.00. The van der Waals surface area contributed by atoms with Gasteiger partial charge in [-0.15, -0.1) is 0 Å². The molecule has 1 saturated carbocycles. The molecular weight excluding hydrogens is 216 g/mol. The lowest BCUT2D eigenvalue weighted by atomic mass is 9.90. The van der Waals surface area contributed by atoms with Crippen molar-refractivity contribution in [2.45, 2.75) is 50.9 Å². The molecule has 0 unspecified atom stereocenters. The minimum atomic E-state index is -0.973. The highest BCUT2D eigenvalue weighted by Crippen LogP contribution is 2.28. The summed E-state index contributed by atoms with van der Waals surface area (Å²) in [4.78, 5) is 19.3. The first-order valence-electron chi connectivity index (χ1n) is 6.33. The zero-order valence-corrected chi connectivity index (χ0v) is 9.93. The second-order valence-electron chi connectivity index (χ2n) is 4.65. The maximum atomic E-state index is 10.9. The molecule has 2 rings (SSSR count). The maximum Gasteiger partial charge on any atom is 0.354 e. The van der Waals surface area contributed by atoms with Gasteiger partial charge in [0.05, 0.1) is 0 Å². The zero-order chi connectivity index (χ0) is 12.1. The van der Waals surface area contributed by atoms with Gasteiger partial charge in [-0.2, -0.15) is 0 Å². The van der Waals surface area contributed by atoms with Gasteiger partial charge in [-0.1, -0.05) is 32.1 Å². The topological polar surface area (TPSA) is 63.1 Å². The molecule has 1 aromatic rings. The molecule has 0 amide bonds. The van der Waals surface area contributed by atoms with Gasteiger partial charge >= 0.3 is 5.97 Å². The highest BCUT2D eigenvalue weighted by atomic mass is 16.4. The van der Waals surface area contributed by atoms with Gasteiger partial charge in [0.25, 0.3) is 0 Å². The summed E-state index contributed by atoms with van der Waals surface area (Å²) in [6.07, 6.45) is 10.0. The molecule has 1 aliphatic carbocycles. The van der Waals surface area contributed by atoms with Gasteiger partial charge in [0, 0.05) is 12.1 Å². The Morgan fingerprint density at radius 1 is 1.18 bits per heavy atom. The summed E-state index contributed by atoms with van der Waals surface area (Å²) in [6.45, 7) is 0. The summed E-state index contributed by atoms with van der Waals surface area (Å²) in [5, 5.41) is 8.92. The standard InChI is InChI=1S/C13H18N2O2/c16-13(17)11-8-9-14-12(15-11)10-6-4-2-1-3-5-7-10/h8-10H,1-7H2,(H,16,17). The number of carbonyl (C=O) groups is 1. The fraction of sp³-hybridized carbons (Fsp3) is 0.615. The van der Waals surface area contributed by atoms with Crippen molar-refractivity contribution in [1.29, 1.82) is 0 Å². The van der Waals surface area contributed by atoms with E-state index in [2.05, 4.69) is 9.97 Å². The van der Waals surface area contributed by atoms with Crippen LogP contribution < -0.4 is 0 Å². The van der Waals surface area contributed by atoms with Gasteiger partial charge in [0.15, 0.2) is 5.69 Å². The zero-order valence-electron chi connectivity index (χ0n) is 9.93. The quantitative estimate of drug-likeness (QED) is 0.854. The molecule has 0 aliphatic heterocycles. The molecular formula is C13H18N2O2. The van der Waals surface area contributed by atoms with Crippen LogP contribution in [0.15, 0.2) is 12.3 Å². The van der Waals surface area contributed by atoms with Crippen LogP contribution in [0.2, 0.25) is 0 Å². The second kappa shape index (κ2) is 5.75. The number of nitrogens with zero attached hydrogens (tertiary/aromatic N) is 2. The number of carboxylic acids is 1. The third-order valence-corrected chi connectivity index (χ3v) is 3.36. The van der Waals surface area contributed by atoms with Crippen molar-refractivity contribution in [3.63, 3.8) is 0 Å². The van der Waals surface area contributed by atoms with Crippen LogP contribution in [0.3, 0.4) is 0 Å². The van der Waals surface area contributed by atoms with E-state index in [1.165, 1.54) is 38.2 Å². The number of hydrogen-bond acceptors (Lipinski definition) is 3. The Morgan fingerprint density at radius 3 is 2.47 bits per heavy atom. The van der Waals surface area contributed by atoms with E-state index in [1.807, 2.05) is 0 Å². The Hall–Kier alpha value is -1.45. The number of aromatic carboxylic acids is 1. The lowest BCUT2D eigenvalue weighted by Gasteiger charge is -2.18. The van der Waals surface area contributed by atoms with Crippen LogP contribution in [0, 0.1) is 0 Å². The first kappa shape index (κ1) is 12.0. The summed E-state index contributed by atoms with van der Waals surface area (Å²) >= 11 is 0. The molecule has 1 aromatic heterocycles. The van der Waals surface area contributed by atoms with Gasteiger partial charge in [-0.3, -0.25) is 0 Å². The maximum absolute atomic E-state index is 10.9. The van der Waals surface area contributed by atoms with E-state index < -0.39 is 5.97 Å².